The van der Waals surface area contributed by atoms with Gasteiger partial charge in [0, 0.05) is 5.56 Å². The van der Waals surface area contributed by atoms with Crippen LogP contribution in [0.5, 0.6) is 0 Å². The number of hydrogen-bond donors (Lipinski definition) is 1. The third-order valence-electron chi connectivity index (χ3n) is 3.11. The summed E-state index contributed by atoms with van der Waals surface area (Å²) in [6, 6.07) is 8.73. The van der Waals surface area contributed by atoms with Crippen LogP contribution in [0.2, 0.25) is 5.02 Å². The van der Waals surface area contributed by atoms with E-state index in [1.807, 2.05) is 19.9 Å². The number of hydrogen-bond acceptors (Lipinski definition) is 1. The summed E-state index contributed by atoms with van der Waals surface area (Å²) in [5.74, 6) is 0.277. The van der Waals surface area contributed by atoms with Gasteiger partial charge in [0.25, 0.3) is 0 Å². The van der Waals surface area contributed by atoms with E-state index in [-0.39, 0.29) is 5.02 Å². The van der Waals surface area contributed by atoms with E-state index in [1.165, 1.54) is 11.6 Å². The van der Waals surface area contributed by atoms with Crippen LogP contribution in [-0.2, 0) is 0 Å². The van der Waals surface area contributed by atoms with Crippen molar-refractivity contribution in [2.75, 3.05) is 0 Å². The molecule has 0 radical (unpaired) electrons. The summed E-state index contributed by atoms with van der Waals surface area (Å²) in [7, 11) is 0. The number of H-pyrrole nitrogens is 1. The molecule has 0 aliphatic rings. The van der Waals surface area contributed by atoms with Crippen LogP contribution >= 0.6 is 11.6 Å². The summed E-state index contributed by atoms with van der Waals surface area (Å²) < 4.78 is 13.2. The molecule has 1 heterocycles. The number of rotatable bonds is 1. The first-order valence-corrected chi connectivity index (χ1v) is 6.35. The van der Waals surface area contributed by atoms with Crippen LogP contribution in [-0.4, -0.2) is 9.97 Å². The van der Waals surface area contributed by atoms with Gasteiger partial charge in [-0.15, -0.1) is 0 Å². The van der Waals surface area contributed by atoms with Crippen LogP contribution in [0.25, 0.3) is 22.4 Å². The second kappa shape index (κ2) is 4.35. The van der Waals surface area contributed by atoms with E-state index in [2.05, 4.69) is 16.0 Å². The minimum atomic E-state index is -0.423. The summed E-state index contributed by atoms with van der Waals surface area (Å²) in [6.45, 7) is 4.07. The average Bonchev–Trinajstić information content (AvgIpc) is 2.76. The van der Waals surface area contributed by atoms with Crippen LogP contribution in [0.3, 0.4) is 0 Å². The second-order valence-corrected chi connectivity index (χ2v) is 5.10. The molecule has 1 aromatic heterocycles. The number of nitrogens with one attached hydrogen (secondary N) is 1. The highest BCUT2D eigenvalue weighted by molar-refractivity contribution is 6.31. The Morgan fingerprint density at radius 1 is 1.16 bits per heavy atom. The summed E-state index contributed by atoms with van der Waals surface area (Å²) in [6.07, 6.45) is 0. The maximum atomic E-state index is 13.2. The van der Waals surface area contributed by atoms with Gasteiger partial charge in [0.05, 0.1) is 16.1 Å². The van der Waals surface area contributed by atoms with E-state index in [0.717, 1.165) is 22.2 Å². The Morgan fingerprint density at radius 2 is 1.95 bits per heavy atom. The van der Waals surface area contributed by atoms with Gasteiger partial charge in [0.1, 0.15) is 11.6 Å². The van der Waals surface area contributed by atoms with Crippen LogP contribution < -0.4 is 0 Å². The molecule has 0 saturated heterocycles. The molecule has 0 aliphatic heterocycles. The average molecular weight is 275 g/mol. The fourth-order valence-corrected chi connectivity index (χ4v) is 2.43. The van der Waals surface area contributed by atoms with Crippen LogP contribution in [0, 0.1) is 19.7 Å². The zero-order valence-corrected chi connectivity index (χ0v) is 11.3. The Labute approximate surface area is 115 Å². The molecule has 3 aromatic rings. The lowest BCUT2D eigenvalue weighted by molar-refractivity contribution is 0.628. The summed E-state index contributed by atoms with van der Waals surface area (Å²) in [4.78, 5) is 7.81. The van der Waals surface area contributed by atoms with Gasteiger partial charge in [0.2, 0.25) is 0 Å². The van der Waals surface area contributed by atoms with Gasteiger partial charge in [-0.25, -0.2) is 9.37 Å². The van der Waals surface area contributed by atoms with Gasteiger partial charge in [0.15, 0.2) is 0 Å². The molecule has 0 saturated carbocycles. The smallest absolute Gasteiger partial charge is 0.141 e. The van der Waals surface area contributed by atoms with Crippen LogP contribution in [0.1, 0.15) is 11.1 Å². The lowest BCUT2D eigenvalue weighted by Gasteiger charge is -1.98. The molecule has 0 amide bonds. The number of fused-ring (bicyclic) bond motifs is 1. The van der Waals surface area contributed by atoms with Crippen molar-refractivity contribution in [2.24, 2.45) is 0 Å². The van der Waals surface area contributed by atoms with Gasteiger partial charge in [-0.2, -0.15) is 0 Å². The Bertz CT molecular complexity index is 777. The topological polar surface area (TPSA) is 28.7 Å². The van der Waals surface area contributed by atoms with E-state index in [1.54, 1.807) is 12.1 Å². The minimum absolute atomic E-state index is 0.103. The Hall–Kier alpha value is -1.87. The van der Waals surface area contributed by atoms with Gasteiger partial charge in [-0.1, -0.05) is 17.7 Å². The molecule has 0 unspecified atom stereocenters. The second-order valence-electron chi connectivity index (χ2n) is 4.69. The first-order chi connectivity index (χ1) is 9.04. The normalized spacial score (nSPS) is 11.2. The van der Waals surface area contributed by atoms with Gasteiger partial charge in [-0.05, 0) is 49.2 Å². The monoisotopic (exact) mass is 274 g/mol. The van der Waals surface area contributed by atoms with E-state index < -0.39 is 5.82 Å². The molecular weight excluding hydrogens is 263 g/mol. The number of aromatic amines is 1. The Balaban J connectivity index is 2.20. The summed E-state index contributed by atoms with van der Waals surface area (Å²) in [5, 5.41) is 0.103. The van der Waals surface area contributed by atoms with Gasteiger partial charge >= 0.3 is 0 Å². The van der Waals surface area contributed by atoms with E-state index >= 15 is 0 Å². The highest BCUT2D eigenvalue weighted by atomic mass is 35.5. The van der Waals surface area contributed by atoms with Crippen molar-refractivity contribution in [3.8, 4) is 11.4 Å². The molecule has 0 fully saturated rings. The molecule has 3 rings (SSSR count). The number of nitrogens with zero attached hydrogens (tertiary/aromatic N) is 1. The quantitative estimate of drug-likeness (QED) is 0.688. The lowest BCUT2D eigenvalue weighted by atomic mass is 10.1. The number of halogens is 2. The number of benzene rings is 2. The van der Waals surface area contributed by atoms with Crippen LogP contribution in [0.15, 0.2) is 30.3 Å². The molecule has 96 valence electrons. The largest absolute Gasteiger partial charge is 0.338 e. The lowest BCUT2D eigenvalue weighted by Crippen LogP contribution is -1.83. The first kappa shape index (κ1) is 12.2. The molecule has 1 N–H and O–H groups in total. The summed E-state index contributed by atoms with van der Waals surface area (Å²) >= 11 is 5.80. The molecule has 19 heavy (non-hydrogen) atoms. The summed E-state index contributed by atoms with van der Waals surface area (Å²) in [5.41, 5.74) is 4.98. The number of imidazole rings is 1. The number of aromatic nitrogens is 2. The predicted molar refractivity (Wildman–Crippen MR) is 76.0 cm³/mol. The molecule has 2 aromatic carbocycles. The van der Waals surface area contributed by atoms with Crippen molar-refractivity contribution in [3.05, 3.63) is 52.3 Å². The number of aryl methyl sites for hydroxylation is 2. The predicted octanol–water partition coefficient (Wildman–Crippen LogP) is 4.64. The SMILES string of the molecule is Cc1cc(C)c2nc(-c3ccc(F)c(Cl)c3)[nH]c2c1. The zero-order chi connectivity index (χ0) is 13.6. The maximum absolute atomic E-state index is 13.2. The van der Waals surface area contributed by atoms with Crippen molar-refractivity contribution in [1.29, 1.82) is 0 Å². The standard InChI is InChI=1S/C15H12ClFN2/c1-8-5-9(2)14-13(6-8)18-15(19-14)10-3-4-12(17)11(16)7-10/h3-7H,1-2H3,(H,18,19). The van der Waals surface area contributed by atoms with Gasteiger partial charge in [-0.3, -0.25) is 0 Å². The molecule has 0 atom stereocenters. The first-order valence-electron chi connectivity index (χ1n) is 5.97. The van der Waals surface area contributed by atoms with Gasteiger partial charge < -0.3 is 4.98 Å². The van der Waals surface area contributed by atoms with Crippen molar-refractivity contribution >= 4 is 22.6 Å². The molecular formula is C15H12ClFN2. The highest BCUT2D eigenvalue weighted by Crippen LogP contribution is 2.26. The van der Waals surface area contributed by atoms with E-state index in [9.17, 15) is 4.39 Å². The van der Waals surface area contributed by atoms with Crippen LogP contribution in [0.4, 0.5) is 4.39 Å². The molecule has 2 nitrogen and oxygen atoms in total. The molecule has 0 aliphatic carbocycles. The maximum Gasteiger partial charge on any atom is 0.141 e. The minimum Gasteiger partial charge on any atom is -0.338 e. The fourth-order valence-electron chi connectivity index (χ4n) is 2.25. The van der Waals surface area contributed by atoms with E-state index in [0.29, 0.717) is 5.82 Å². The Morgan fingerprint density at radius 3 is 2.68 bits per heavy atom. The van der Waals surface area contributed by atoms with Crippen molar-refractivity contribution in [3.63, 3.8) is 0 Å². The fraction of sp³-hybridized carbons (Fsp3) is 0.133. The third kappa shape index (κ3) is 2.10. The highest BCUT2D eigenvalue weighted by Gasteiger charge is 2.09. The van der Waals surface area contributed by atoms with Crippen molar-refractivity contribution in [2.45, 2.75) is 13.8 Å². The van der Waals surface area contributed by atoms with E-state index in [4.69, 9.17) is 11.6 Å². The molecule has 4 heteroatoms. The van der Waals surface area contributed by atoms with Crippen molar-refractivity contribution in [1.82, 2.24) is 9.97 Å². The third-order valence-corrected chi connectivity index (χ3v) is 3.40. The zero-order valence-electron chi connectivity index (χ0n) is 10.6. The van der Waals surface area contributed by atoms with Crippen molar-refractivity contribution < 1.29 is 4.39 Å². The molecule has 0 spiro atoms. The Kier molecular flexibility index (Phi) is 2.79. The molecule has 0 bridgehead atoms.